The molecule has 162 valence electrons. The third-order valence-electron chi connectivity index (χ3n) is 4.82. The zero-order valence-corrected chi connectivity index (χ0v) is 19.1. The van der Waals surface area contributed by atoms with Gasteiger partial charge in [-0.2, -0.15) is 0 Å². The number of halogens is 3. The summed E-state index contributed by atoms with van der Waals surface area (Å²) in [7, 11) is 0. The smallest absolute Gasteiger partial charge is 0.117 e. The molecule has 7 heteroatoms. The van der Waals surface area contributed by atoms with E-state index in [4.69, 9.17) is 32.9 Å². The van der Waals surface area contributed by atoms with Crippen LogP contribution in [0, 0.1) is 0 Å². The molecule has 0 aliphatic carbocycles. The molecular weight excluding hydrogens is 412 g/mol. The summed E-state index contributed by atoms with van der Waals surface area (Å²) in [6.07, 6.45) is 8.57. The summed E-state index contributed by atoms with van der Waals surface area (Å²) in [5.41, 5.74) is 2.30. The normalized spacial score (nSPS) is 24.9. The minimum Gasteiger partial charge on any atom is -0.374 e. The maximum Gasteiger partial charge on any atom is 0.117 e. The number of dihydropyridines is 1. The Balaban J connectivity index is 2.21. The van der Waals surface area contributed by atoms with E-state index in [1.807, 2.05) is 26.0 Å². The molecule has 2 rings (SSSR count). The summed E-state index contributed by atoms with van der Waals surface area (Å²) in [5, 5.41) is 1.06. The fourth-order valence-electron chi connectivity index (χ4n) is 3.54. The van der Waals surface area contributed by atoms with Crippen LogP contribution in [0.2, 0.25) is 0 Å². The van der Waals surface area contributed by atoms with Crippen molar-refractivity contribution in [1.29, 1.82) is 0 Å². The maximum absolute atomic E-state index is 13.3. The van der Waals surface area contributed by atoms with Crippen LogP contribution in [0.5, 0.6) is 0 Å². The number of aliphatic imine (C=N–C) groups is 2. The summed E-state index contributed by atoms with van der Waals surface area (Å²) in [5.74, 6) is 0.891. The van der Waals surface area contributed by atoms with Crippen LogP contribution in [0.3, 0.4) is 0 Å². The number of nitrogens with zero attached hydrogens (tertiary/aromatic N) is 3. The van der Waals surface area contributed by atoms with Gasteiger partial charge in [0.1, 0.15) is 18.6 Å². The Labute approximate surface area is 184 Å². The van der Waals surface area contributed by atoms with Crippen molar-refractivity contribution in [3.05, 3.63) is 33.9 Å². The highest BCUT2D eigenvalue weighted by Crippen LogP contribution is 2.21. The van der Waals surface area contributed by atoms with Gasteiger partial charge in [-0.3, -0.25) is 9.98 Å². The molecule has 1 fully saturated rings. The minimum absolute atomic E-state index is 0.281. The highest BCUT2D eigenvalue weighted by molar-refractivity contribution is 6.43. The number of allylic oxidation sites excluding steroid dienone is 4. The number of ether oxygens (including phenoxy) is 1. The molecule has 0 aromatic heterocycles. The Kier molecular flexibility index (Phi) is 10.4. The summed E-state index contributed by atoms with van der Waals surface area (Å²) in [6.45, 7) is 8.10. The fourth-order valence-corrected chi connectivity index (χ4v) is 3.92. The second kappa shape index (κ2) is 12.5. The monoisotopic (exact) mass is 443 g/mol. The van der Waals surface area contributed by atoms with Crippen LogP contribution in [-0.4, -0.2) is 61.5 Å². The van der Waals surface area contributed by atoms with Crippen LogP contribution in [0.1, 0.15) is 46.5 Å². The highest BCUT2D eigenvalue weighted by Gasteiger charge is 2.21. The molecule has 0 aromatic rings. The van der Waals surface area contributed by atoms with Gasteiger partial charge in [0.2, 0.25) is 0 Å². The lowest BCUT2D eigenvalue weighted by atomic mass is 10.0. The molecule has 2 aliphatic rings. The van der Waals surface area contributed by atoms with E-state index in [1.54, 1.807) is 0 Å². The van der Waals surface area contributed by atoms with E-state index in [0.717, 1.165) is 37.4 Å². The first kappa shape index (κ1) is 24.1. The lowest BCUT2D eigenvalue weighted by Crippen LogP contribution is -2.37. The number of hydrogen-bond donors (Lipinski definition) is 0. The van der Waals surface area contributed by atoms with Gasteiger partial charge in [-0.05, 0) is 44.8 Å². The molecule has 1 unspecified atom stereocenters. The van der Waals surface area contributed by atoms with Crippen molar-refractivity contribution < 1.29 is 9.13 Å². The van der Waals surface area contributed by atoms with E-state index < -0.39 is 12.8 Å². The molecule has 29 heavy (non-hydrogen) atoms. The van der Waals surface area contributed by atoms with Crippen LogP contribution in [0.4, 0.5) is 4.39 Å². The van der Waals surface area contributed by atoms with E-state index in [2.05, 4.69) is 22.9 Å². The molecule has 0 radical (unpaired) electrons. The van der Waals surface area contributed by atoms with Gasteiger partial charge in [0, 0.05) is 31.8 Å². The summed E-state index contributed by atoms with van der Waals surface area (Å²) < 4.78 is 18.9. The second-order valence-electron chi connectivity index (χ2n) is 7.52. The predicted octanol–water partition coefficient (Wildman–Crippen LogP) is 5.67. The third-order valence-corrected chi connectivity index (χ3v) is 5.63. The van der Waals surface area contributed by atoms with Crippen LogP contribution >= 0.6 is 23.2 Å². The average molecular weight is 444 g/mol. The molecule has 0 saturated carbocycles. The Bertz CT molecular complexity index is 700. The second-order valence-corrected chi connectivity index (χ2v) is 8.34. The van der Waals surface area contributed by atoms with Crippen molar-refractivity contribution in [2.75, 3.05) is 32.9 Å². The Hall–Kier alpha value is -1.17. The van der Waals surface area contributed by atoms with E-state index in [1.165, 1.54) is 5.57 Å². The van der Waals surface area contributed by atoms with Crippen molar-refractivity contribution >= 4 is 34.7 Å². The van der Waals surface area contributed by atoms with Gasteiger partial charge >= 0.3 is 0 Å². The van der Waals surface area contributed by atoms with Gasteiger partial charge in [-0.25, -0.2) is 4.39 Å². The Morgan fingerprint density at radius 3 is 2.83 bits per heavy atom. The first-order valence-electron chi connectivity index (χ1n) is 10.3. The van der Waals surface area contributed by atoms with E-state index in [0.29, 0.717) is 36.2 Å². The Morgan fingerprint density at radius 2 is 2.14 bits per heavy atom. The molecule has 2 aliphatic heterocycles. The topological polar surface area (TPSA) is 37.2 Å². The van der Waals surface area contributed by atoms with Gasteiger partial charge in [-0.1, -0.05) is 42.3 Å². The lowest BCUT2D eigenvalue weighted by molar-refractivity contribution is 0.0428. The number of amidine groups is 1. The minimum atomic E-state index is -0.496. The molecule has 0 aromatic carbocycles. The third kappa shape index (κ3) is 8.23. The number of rotatable bonds is 7. The first-order chi connectivity index (χ1) is 13.9. The summed E-state index contributed by atoms with van der Waals surface area (Å²) in [6, 6.07) is 0.281. The average Bonchev–Trinajstić information content (AvgIpc) is 2.93. The standard InChI is InChI=1S/C22H32Cl2FN3O/c1-4-6-20(23)21(24)7-8-22(28-9-5-10-29-19(13-25)15-28)26-14-18-11-16(2)27-17(3)12-18/h6-7,11,17,19H,4-5,8-10,12-15H2,1-3H3/b20-6+,21-7+,26-22-/t17?,19-/m1/s1. The number of alkyl halides is 1. The molecule has 0 bridgehead atoms. The van der Waals surface area contributed by atoms with Gasteiger partial charge in [0.05, 0.1) is 22.7 Å². The predicted molar refractivity (Wildman–Crippen MR) is 122 cm³/mol. The zero-order chi connectivity index (χ0) is 21.2. The van der Waals surface area contributed by atoms with Crippen LogP contribution in [0.15, 0.2) is 43.9 Å². The molecule has 1 saturated heterocycles. The molecule has 2 atom stereocenters. The van der Waals surface area contributed by atoms with E-state index in [9.17, 15) is 4.39 Å². The van der Waals surface area contributed by atoms with Crippen molar-refractivity contribution in [3.63, 3.8) is 0 Å². The quantitative estimate of drug-likeness (QED) is 0.288. The molecule has 0 spiro atoms. The van der Waals surface area contributed by atoms with Gasteiger partial charge in [-0.15, -0.1) is 0 Å². The van der Waals surface area contributed by atoms with Crippen LogP contribution in [-0.2, 0) is 4.74 Å². The highest BCUT2D eigenvalue weighted by atomic mass is 35.5. The van der Waals surface area contributed by atoms with Gasteiger partial charge in [0.15, 0.2) is 0 Å². The maximum atomic E-state index is 13.3. The van der Waals surface area contributed by atoms with E-state index in [-0.39, 0.29) is 6.04 Å². The summed E-state index contributed by atoms with van der Waals surface area (Å²) >= 11 is 12.6. The summed E-state index contributed by atoms with van der Waals surface area (Å²) in [4.78, 5) is 11.6. The molecule has 0 N–H and O–H groups in total. The SMILES string of the molecule is CC/C=C(Cl)\C(Cl)=C/C/C(=N/CC1=CC(C)=NC(C)C1)N1CCCO[C@H](CF)C1. The van der Waals surface area contributed by atoms with Crippen LogP contribution in [0.25, 0.3) is 0 Å². The fraction of sp³-hybridized carbons (Fsp3) is 0.636. The first-order valence-corrected chi connectivity index (χ1v) is 11.1. The zero-order valence-electron chi connectivity index (χ0n) is 17.6. The lowest BCUT2D eigenvalue weighted by Gasteiger charge is -2.26. The largest absolute Gasteiger partial charge is 0.374 e. The number of hydrogen-bond acceptors (Lipinski definition) is 3. The Morgan fingerprint density at radius 1 is 1.38 bits per heavy atom. The molecule has 2 heterocycles. The van der Waals surface area contributed by atoms with Crippen molar-refractivity contribution in [3.8, 4) is 0 Å². The van der Waals surface area contributed by atoms with Gasteiger partial charge < -0.3 is 9.64 Å². The van der Waals surface area contributed by atoms with Crippen molar-refractivity contribution in [1.82, 2.24) is 4.90 Å². The molecule has 4 nitrogen and oxygen atoms in total. The van der Waals surface area contributed by atoms with E-state index >= 15 is 0 Å². The molecule has 0 amide bonds. The van der Waals surface area contributed by atoms with Crippen molar-refractivity contribution in [2.24, 2.45) is 9.98 Å². The van der Waals surface area contributed by atoms with Crippen LogP contribution < -0.4 is 0 Å². The van der Waals surface area contributed by atoms with Crippen molar-refractivity contribution in [2.45, 2.75) is 58.6 Å². The van der Waals surface area contributed by atoms with Gasteiger partial charge in [0.25, 0.3) is 0 Å². The molecular formula is C22H32Cl2FN3O.